The summed E-state index contributed by atoms with van der Waals surface area (Å²) in [6, 6.07) is 14.6. The number of carboxylic acid groups (broad SMARTS) is 1. The SMILES string of the molecule is CCCCC1=NN(c2ccc(C(=O)O)cc2)C(=O)/C1=C\c1ccc(N2CCCC2)cc1. The fourth-order valence-corrected chi connectivity index (χ4v) is 3.98. The van der Waals surface area contributed by atoms with E-state index in [1.54, 1.807) is 12.1 Å². The van der Waals surface area contributed by atoms with Gasteiger partial charge in [0.15, 0.2) is 0 Å². The van der Waals surface area contributed by atoms with E-state index < -0.39 is 5.97 Å². The van der Waals surface area contributed by atoms with Crippen LogP contribution in [-0.4, -0.2) is 35.8 Å². The molecule has 1 saturated heterocycles. The molecule has 2 aliphatic heterocycles. The van der Waals surface area contributed by atoms with Crippen LogP contribution in [0.3, 0.4) is 0 Å². The number of aromatic carboxylic acids is 1. The summed E-state index contributed by atoms with van der Waals surface area (Å²) in [5.74, 6) is -1.18. The normalized spacial score (nSPS) is 17.5. The third kappa shape index (κ3) is 4.53. The molecule has 0 aromatic heterocycles. The second-order valence-corrected chi connectivity index (χ2v) is 7.96. The Labute approximate surface area is 182 Å². The highest BCUT2D eigenvalue weighted by Crippen LogP contribution is 2.28. The lowest BCUT2D eigenvalue weighted by Gasteiger charge is -2.17. The molecule has 2 heterocycles. The summed E-state index contributed by atoms with van der Waals surface area (Å²) in [7, 11) is 0. The van der Waals surface area contributed by atoms with Gasteiger partial charge in [-0.1, -0.05) is 25.5 Å². The van der Waals surface area contributed by atoms with E-state index in [1.807, 2.05) is 6.08 Å². The molecule has 0 atom stereocenters. The monoisotopic (exact) mass is 417 g/mol. The molecule has 0 bridgehead atoms. The molecule has 0 unspecified atom stereocenters. The average molecular weight is 418 g/mol. The van der Waals surface area contributed by atoms with Crippen molar-refractivity contribution in [2.24, 2.45) is 5.10 Å². The molecular formula is C25H27N3O3. The van der Waals surface area contributed by atoms with Crippen molar-refractivity contribution in [3.8, 4) is 0 Å². The van der Waals surface area contributed by atoms with Crippen LogP contribution in [0.5, 0.6) is 0 Å². The van der Waals surface area contributed by atoms with Crippen molar-refractivity contribution < 1.29 is 14.7 Å². The lowest BCUT2D eigenvalue weighted by molar-refractivity contribution is -0.114. The predicted molar refractivity (Wildman–Crippen MR) is 124 cm³/mol. The number of benzene rings is 2. The highest BCUT2D eigenvalue weighted by atomic mass is 16.4. The van der Waals surface area contributed by atoms with E-state index in [1.165, 1.54) is 35.7 Å². The Morgan fingerprint density at radius 1 is 1.03 bits per heavy atom. The van der Waals surface area contributed by atoms with Crippen LogP contribution in [-0.2, 0) is 4.79 Å². The first-order valence-electron chi connectivity index (χ1n) is 10.9. The van der Waals surface area contributed by atoms with Crippen LogP contribution in [0.2, 0.25) is 0 Å². The number of hydrazone groups is 1. The molecule has 0 radical (unpaired) electrons. The second-order valence-electron chi connectivity index (χ2n) is 7.96. The molecule has 0 spiro atoms. The third-order valence-electron chi connectivity index (χ3n) is 5.76. The highest BCUT2D eigenvalue weighted by Gasteiger charge is 2.30. The van der Waals surface area contributed by atoms with E-state index in [0.29, 0.717) is 11.3 Å². The van der Waals surface area contributed by atoms with Gasteiger partial charge < -0.3 is 10.0 Å². The summed E-state index contributed by atoms with van der Waals surface area (Å²) in [5, 5.41) is 15.1. The van der Waals surface area contributed by atoms with E-state index in [4.69, 9.17) is 5.11 Å². The molecular weight excluding hydrogens is 390 g/mol. The van der Waals surface area contributed by atoms with Gasteiger partial charge in [0.1, 0.15) is 0 Å². The number of carbonyl (C=O) groups is 2. The number of carboxylic acids is 1. The summed E-state index contributed by atoms with van der Waals surface area (Å²) in [5.41, 5.74) is 4.31. The second kappa shape index (κ2) is 9.16. The lowest BCUT2D eigenvalue weighted by atomic mass is 10.0. The molecule has 31 heavy (non-hydrogen) atoms. The molecule has 0 saturated carbocycles. The minimum absolute atomic E-state index is 0.180. The maximum Gasteiger partial charge on any atom is 0.335 e. The fourth-order valence-electron chi connectivity index (χ4n) is 3.98. The summed E-state index contributed by atoms with van der Waals surface area (Å²) in [6.45, 7) is 4.31. The number of amides is 1. The summed E-state index contributed by atoms with van der Waals surface area (Å²) in [6.07, 6.45) is 7.07. The zero-order valence-corrected chi connectivity index (χ0v) is 17.8. The van der Waals surface area contributed by atoms with Gasteiger partial charge in [0.2, 0.25) is 0 Å². The van der Waals surface area contributed by atoms with Gasteiger partial charge in [0, 0.05) is 18.8 Å². The Hall–Kier alpha value is -3.41. The Morgan fingerprint density at radius 3 is 2.29 bits per heavy atom. The summed E-state index contributed by atoms with van der Waals surface area (Å²) in [4.78, 5) is 26.7. The maximum absolute atomic E-state index is 13.2. The first kappa shape index (κ1) is 20.8. The zero-order chi connectivity index (χ0) is 21.8. The molecule has 2 aliphatic rings. The Kier molecular flexibility index (Phi) is 6.16. The van der Waals surface area contributed by atoms with Crippen LogP contribution in [0.4, 0.5) is 11.4 Å². The van der Waals surface area contributed by atoms with Gasteiger partial charge in [-0.15, -0.1) is 0 Å². The van der Waals surface area contributed by atoms with Crippen molar-refractivity contribution in [2.45, 2.75) is 39.0 Å². The molecule has 2 aromatic carbocycles. The van der Waals surface area contributed by atoms with Gasteiger partial charge in [-0.05, 0) is 73.7 Å². The first-order valence-corrected chi connectivity index (χ1v) is 10.9. The van der Waals surface area contributed by atoms with E-state index in [0.717, 1.165) is 43.6 Å². The topological polar surface area (TPSA) is 73.2 Å². The van der Waals surface area contributed by atoms with Gasteiger partial charge in [-0.2, -0.15) is 10.1 Å². The fraction of sp³-hybridized carbons (Fsp3) is 0.320. The first-order chi connectivity index (χ1) is 15.1. The van der Waals surface area contributed by atoms with Crippen LogP contribution in [0.15, 0.2) is 59.2 Å². The standard InChI is InChI=1S/C25H27N3O3/c1-2-3-6-23-22(17-18-7-11-20(12-8-18)27-15-4-5-16-27)24(29)28(26-23)21-13-9-19(10-14-21)25(30)31/h7-14,17H,2-6,15-16H2,1H3,(H,30,31)/b22-17-. The summed E-state index contributed by atoms with van der Waals surface area (Å²) >= 11 is 0. The smallest absolute Gasteiger partial charge is 0.335 e. The van der Waals surface area contributed by atoms with Crippen LogP contribution in [0.1, 0.15) is 54.9 Å². The van der Waals surface area contributed by atoms with E-state index in [9.17, 15) is 9.59 Å². The van der Waals surface area contributed by atoms with Crippen molar-refractivity contribution in [3.05, 3.63) is 65.2 Å². The van der Waals surface area contributed by atoms with E-state index in [-0.39, 0.29) is 11.5 Å². The minimum Gasteiger partial charge on any atom is -0.478 e. The van der Waals surface area contributed by atoms with Crippen molar-refractivity contribution in [3.63, 3.8) is 0 Å². The molecule has 4 rings (SSSR count). The largest absolute Gasteiger partial charge is 0.478 e. The Morgan fingerprint density at radius 2 is 1.68 bits per heavy atom. The molecule has 1 N–H and O–H groups in total. The van der Waals surface area contributed by atoms with Crippen molar-refractivity contribution in [2.75, 3.05) is 23.0 Å². The molecule has 1 amide bonds. The molecule has 0 aliphatic carbocycles. The maximum atomic E-state index is 13.2. The van der Waals surface area contributed by atoms with Crippen LogP contribution in [0, 0.1) is 0 Å². The number of nitrogens with zero attached hydrogens (tertiary/aromatic N) is 3. The molecule has 6 heteroatoms. The summed E-state index contributed by atoms with van der Waals surface area (Å²) < 4.78 is 0. The molecule has 6 nitrogen and oxygen atoms in total. The van der Waals surface area contributed by atoms with Gasteiger partial charge in [0.05, 0.1) is 22.5 Å². The van der Waals surface area contributed by atoms with Crippen molar-refractivity contribution in [1.29, 1.82) is 0 Å². The Balaban J connectivity index is 1.60. The van der Waals surface area contributed by atoms with Gasteiger partial charge in [-0.3, -0.25) is 4.79 Å². The van der Waals surface area contributed by atoms with Crippen LogP contribution >= 0.6 is 0 Å². The quantitative estimate of drug-likeness (QED) is 0.646. The highest BCUT2D eigenvalue weighted by molar-refractivity contribution is 6.32. The van der Waals surface area contributed by atoms with Gasteiger partial charge in [0.25, 0.3) is 5.91 Å². The molecule has 1 fully saturated rings. The van der Waals surface area contributed by atoms with Crippen LogP contribution < -0.4 is 9.91 Å². The number of unbranched alkanes of at least 4 members (excludes halogenated alkanes) is 1. The predicted octanol–water partition coefficient (Wildman–Crippen LogP) is 4.96. The van der Waals surface area contributed by atoms with Crippen molar-refractivity contribution >= 4 is 35.0 Å². The van der Waals surface area contributed by atoms with Crippen molar-refractivity contribution in [1.82, 2.24) is 0 Å². The van der Waals surface area contributed by atoms with E-state index in [2.05, 4.69) is 41.2 Å². The number of hydrogen-bond donors (Lipinski definition) is 1. The number of rotatable bonds is 7. The average Bonchev–Trinajstić information content (AvgIpc) is 3.42. The molecule has 2 aromatic rings. The number of anilines is 2. The minimum atomic E-state index is -0.996. The van der Waals surface area contributed by atoms with E-state index >= 15 is 0 Å². The molecule has 160 valence electrons. The lowest BCUT2D eigenvalue weighted by Crippen LogP contribution is -2.21. The number of carbonyl (C=O) groups excluding carboxylic acids is 1. The number of hydrogen-bond acceptors (Lipinski definition) is 4. The van der Waals surface area contributed by atoms with Gasteiger partial charge >= 0.3 is 5.97 Å². The zero-order valence-electron chi connectivity index (χ0n) is 17.8. The van der Waals surface area contributed by atoms with Crippen LogP contribution in [0.25, 0.3) is 6.08 Å². The third-order valence-corrected chi connectivity index (χ3v) is 5.76. The Bertz CT molecular complexity index is 1020. The van der Waals surface area contributed by atoms with Gasteiger partial charge in [-0.25, -0.2) is 4.79 Å².